The van der Waals surface area contributed by atoms with Gasteiger partial charge < -0.3 is 77.3 Å². The maximum atomic E-state index is 12.5. The molecule has 25 atom stereocenters. The van der Waals surface area contributed by atoms with E-state index in [4.69, 9.17) is 56.8 Å². The van der Waals surface area contributed by atoms with Gasteiger partial charge in [0.2, 0.25) is 0 Å². The average molecular weight is 931 g/mol. The summed E-state index contributed by atoms with van der Waals surface area (Å²) in [7, 11) is 6.56. The molecular formula is C48H82O17. The summed E-state index contributed by atoms with van der Waals surface area (Å²) in [6.45, 7) is 18.5. The van der Waals surface area contributed by atoms with Gasteiger partial charge in [-0.15, -0.1) is 0 Å². The number of carbonyl (C=O) groups is 1. The van der Waals surface area contributed by atoms with Gasteiger partial charge in [0.25, 0.3) is 0 Å². The van der Waals surface area contributed by atoms with Crippen LogP contribution in [0.2, 0.25) is 0 Å². The molecule has 7 heterocycles. The standard InChI is InChI=1S/C48H82O17/c1-23-39(49)25(3)46(10,52)64-40(23)34-16-15-32(59-34)33-17-19-36(60-33)45(9)42(57-14)27(5)48(65-45)24(2)35(55-12)21-30(61-48)22-37-44(8,63-38-20-18-31(54-11)29(7)58-38)41(56-13)26(4)47(53,62-37)28(6)43(50)51/h23-42,49,52-53H,15-22H2,1-14H3,(H,50,51). The number of aliphatic hydroxyl groups is 3. The molecule has 7 aliphatic heterocycles. The molecule has 1 spiro atoms. The molecule has 0 radical (unpaired) electrons. The summed E-state index contributed by atoms with van der Waals surface area (Å²) in [5, 5.41) is 44.5. The molecule has 7 saturated heterocycles. The van der Waals surface area contributed by atoms with Crippen molar-refractivity contribution in [1.29, 1.82) is 0 Å². The van der Waals surface area contributed by atoms with Crippen LogP contribution in [0.15, 0.2) is 0 Å². The Hall–Kier alpha value is -1.13. The number of aliphatic hydroxyl groups excluding tert-OH is 1. The predicted octanol–water partition coefficient (Wildman–Crippen LogP) is 4.56. The number of rotatable bonds is 13. The summed E-state index contributed by atoms with van der Waals surface area (Å²) in [5.41, 5.74) is -2.21. The fourth-order valence-corrected chi connectivity index (χ4v) is 13.3. The van der Waals surface area contributed by atoms with E-state index in [9.17, 15) is 25.2 Å². The first-order valence-corrected chi connectivity index (χ1v) is 24.3. The van der Waals surface area contributed by atoms with Gasteiger partial charge >= 0.3 is 5.97 Å². The minimum absolute atomic E-state index is 0.0942. The molecule has 7 rings (SSSR count). The first kappa shape index (κ1) is 51.7. The largest absolute Gasteiger partial charge is 0.481 e. The molecule has 0 saturated carbocycles. The van der Waals surface area contributed by atoms with Crippen molar-refractivity contribution in [3.8, 4) is 0 Å². The number of methoxy groups -OCH3 is 4. The third-order valence-corrected chi connectivity index (χ3v) is 17.6. The van der Waals surface area contributed by atoms with Gasteiger partial charge in [-0.2, -0.15) is 0 Å². The zero-order chi connectivity index (χ0) is 47.8. The Kier molecular flexibility index (Phi) is 15.3. The Bertz CT molecular complexity index is 1640. The molecule has 17 nitrogen and oxygen atoms in total. The average Bonchev–Trinajstić information content (AvgIpc) is 4.00. The summed E-state index contributed by atoms with van der Waals surface area (Å²) in [6.07, 6.45) is -1.67. The summed E-state index contributed by atoms with van der Waals surface area (Å²) < 4.78 is 78.8. The second kappa shape index (κ2) is 19.2. The van der Waals surface area contributed by atoms with Gasteiger partial charge in [0.15, 0.2) is 23.7 Å². The topological polar surface area (TPSA) is 209 Å². The van der Waals surface area contributed by atoms with Crippen LogP contribution in [0.25, 0.3) is 0 Å². The first-order chi connectivity index (χ1) is 30.5. The second-order valence-electron chi connectivity index (χ2n) is 21.3. The van der Waals surface area contributed by atoms with Gasteiger partial charge in [-0.3, -0.25) is 4.79 Å². The highest BCUT2D eigenvalue weighted by atomic mass is 16.8. The number of carboxylic acid groups (broad SMARTS) is 1. The molecule has 7 aliphatic rings. The van der Waals surface area contributed by atoms with E-state index in [1.54, 1.807) is 42.1 Å². The fraction of sp³-hybridized carbons (Fsp3) is 0.979. The number of ether oxygens (including phenoxy) is 12. The Morgan fingerprint density at radius 2 is 1.34 bits per heavy atom. The van der Waals surface area contributed by atoms with Gasteiger partial charge in [0.05, 0.1) is 79.4 Å². The number of hydrogen-bond donors (Lipinski definition) is 4. The summed E-state index contributed by atoms with van der Waals surface area (Å²) in [5.74, 6) is -9.40. The van der Waals surface area contributed by atoms with Crippen LogP contribution in [0, 0.1) is 35.5 Å². The Balaban J connectivity index is 1.13. The van der Waals surface area contributed by atoms with E-state index >= 15 is 0 Å². The maximum absolute atomic E-state index is 12.5. The lowest BCUT2D eigenvalue weighted by Gasteiger charge is -2.58. The lowest BCUT2D eigenvalue weighted by molar-refractivity contribution is -0.403. The predicted molar refractivity (Wildman–Crippen MR) is 232 cm³/mol. The number of carboxylic acids is 1. The van der Waals surface area contributed by atoms with Gasteiger partial charge in [-0.1, -0.05) is 34.6 Å². The van der Waals surface area contributed by atoms with Crippen LogP contribution in [0.4, 0.5) is 0 Å². The molecular weight excluding hydrogens is 849 g/mol. The lowest BCUT2D eigenvalue weighted by atomic mass is 9.71. The van der Waals surface area contributed by atoms with Crippen molar-refractivity contribution in [3.05, 3.63) is 0 Å². The molecule has 376 valence electrons. The SMILES string of the molecule is COC1CCC(OC2(C)C(CC3CC(OC)C(C)C4(O3)OC(C)(C3CCC(C5CCC(C6OC(C)(O)C(C)C(O)C6C)O5)O3)C(OC)C4C)OC(O)(C(C)C(=O)O)C(C)C2OC)OC1C. The van der Waals surface area contributed by atoms with Crippen LogP contribution in [0.1, 0.15) is 121 Å². The van der Waals surface area contributed by atoms with E-state index in [1.165, 1.54) is 14.0 Å². The van der Waals surface area contributed by atoms with E-state index in [1.807, 2.05) is 27.7 Å². The maximum Gasteiger partial charge on any atom is 0.311 e. The van der Waals surface area contributed by atoms with E-state index in [0.29, 0.717) is 32.1 Å². The van der Waals surface area contributed by atoms with Crippen LogP contribution in [0.3, 0.4) is 0 Å². The second-order valence-corrected chi connectivity index (χ2v) is 21.3. The Morgan fingerprint density at radius 1 is 0.708 bits per heavy atom. The molecule has 0 bridgehead atoms. The molecule has 4 N–H and O–H groups in total. The molecule has 65 heavy (non-hydrogen) atoms. The Labute approximate surface area is 386 Å². The van der Waals surface area contributed by atoms with Crippen molar-refractivity contribution < 1.29 is 82.1 Å². The molecule has 7 fully saturated rings. The minimum Gasteiger partial charge on any atom is -0.481 e. The van der Waals surface area contributed by atoms with Gasteiger partial charge in [0.1, 0.15) is 17.1 Å². The zero-order valence-corrected chi connectivity index (χ0v) is 41.3. The van der Waals surface area contributed by atoms with E-state index < -0.39 is 95.2 Å². The highest BCUT2D eigenvalue weighted by Crippen LogP contribution is 2.57. The molecule has 0 aromatic heterocycles. The summed E-state index contributed by atoms with van der Waals surface area (Å²) >= 11 is 0. The highest BCUT2D eigenvalue weighted by molar-refractivity contribution is 5.70. The van der Waals surface area contributed by atoms with Crippen molar-refractivity contribution in [3.63, 3.8) is 0 Å². The third-order valence-electron chi connectivity index (χ3n) is 17.6. The van der Waals surface area contributed by atoms with Crippen molar-refractivity contribution in [2.45, 2.75) is 235 Å². The highest BCUT2D eigenvalue weighted by Gasteiger charge is 2.70. The van der Waals surface area contributed by atoms with Crippen LogP contribution >= 0.6 is 0 Å². The molecule has 0 aliphatic carbocycles. The van der Waals surface area contributed by atoms with Crippen molar-refractivity contribution >= 4 is 5.97 Å². The lowest BCUT2D eigenvalue weighted by Crippen LogP contribution is -2.71. The first-order valence-electron chi connectivity index (χ1n) is 24.3. The van der Waals surface area contributed by atoms with Crippen molar-refractivity contribution in [2.24, 2.45) is 35.5 Å². The molecule has 25 unspecified atom stereocenters. The van der Waals surface area contributed by atoms with Crippen molar-refractivity contribution in [2.75, 3.05) is 28.4 Å². The van der Waals surface area contributed by atoms with E-state index in [2.05, 4.69) is 13.8 Å². The molecule has 0 aromatic carbocycles. The quantitative estimate of drug-likeness (QED) is 0.200. The monoisotopic (exact) mass is 931 g/mol. The number of hydrogen-bond acceptors (Lipinski definition) is 16. The normalized spacial score (nSPS) is 54.6. The van der Waals surface area contributed by atoms with E-state index in [-0.39, 0.29) is 66.9 Å². The van der Waals surface area contributed by atoms with Crippen LogP contribution < -0.4 is 0 Å². The van der Waals surface area contributed by atoms with Crippen LogP contribution in [-0.4, -0.2) is 169 Å². The van der Waals surface area contributed by atoms with Crippen LogP contribution in [0.5, 0.6) is 0 Å². The zero-order valence-electron chi connectivity index (χ0n) is 41.3. The molecule has 0 aromatic rings. The summed E-state index contributed by atoms with van der Waals surface area (Å²) in [6, 6.07) is 0. The smallest absolute Gasteiger partial charge is 0.311 e. The summed E-state index contributed by atoms with van der Waals surface area (Å²) in [4.78, 5) is 12.5. The molecule has 0 amide bonds. The van der Waals surface area contributed by atoms with Gasteiger partial charge in [-0.05, 0) is 66.7 Å². The van der Waals surface area contributed by atoms with Crippen molar-refractivity contribution in [1.82, 2.24) is 0 Å². The minimum atomic E-state index is -2.13. The van der Waals surface area contributed by atoms with Gasteiger partial charge in [-0.25, -0.2) is 0 Å². The Morgan fingerprint density at radius 3 is 1.95 bits per heavy atom. The third kappa shape index (κ3) is 8.89. The van der Waals surface area contributed by atoms with Gasteiger partial charge in [0, 0.05) is 77.3 Å². The van der Waals surface area contributed by atoms with E-state index in [0.717, 1.165) is 12.8 Å². The van der Waals surface area contributed by atoms with Crippen LogP contribution in [-0.2, 0) is 61.6 Å². The molecule has 17 heteroatoms. The number of aliphatic carboxylic acids is 1. The fourth-order valence-electron chi connectivity index (χ4n) is 13.3.